The molecule has 0 bridgehead atoms. The number of rotatable bonds is 6. The van der Waals surface area contributed by atoms with E-state index in [1.165, 1.54) is 12.5 Å². The van der Waals surface area contributed by atoms with E-state index in [1.54, 1.807) is 30.3 Å². The van der Waals surface area contributed by atoms with E-state index >= 15 is 0 Å². The normalized spacial score (nSPS) is 13.6. The molecule has 1 aliphatic heterocycles. The molecule has 2 aromatic rings. The molecule has 0 atom stereocenters. The fourth-order valence-corrected chi connectivity index (χ4v) is 3.56. The molecule has 7 heteroatoms. The van der Waals surface area contributed by atoms with Crippen molar-refractivity contribution >= 4 is 40.9 Å². The Balaban J connectivity index is 1.52. The molecule has 2 aromatic carbocycles. The van der Waals surface area contributed by atoms with Crippen molar-refractivity contribution in [2.45, 2.75) is 26.2 Å². The number of nitrogens with one attached hydrogen (secondary N) is 2. The van der Waals surface area contributed by atoms with Crippen LogP contribution in [0.15, 0.2) is 54.6 Å². The van der Waals surface area contributed by atoms with Gasteiger partial charge in [0, 0.05) is 30.4 Å². The summed E-state index contributed by atoms with van der Waals surface area (Å²) in [5.74, 6) is 0.471. The van der Waals surface area contributed by atoms with Crippen LogP contribution in [0.5, 0.6) is 5.75 Å². The van der Waals surface area contributed by atoms with Crippen LogP contribution in [-0.4, -0.2) is 41.5 Å². The number of hydrogen-bond donors (Lipinski definition) is 2. The largest absolute Gasteiger partial charge is 0.494 e. The molecule has 2 N–H and O–H groups in total. The Morgan fingerprint density at radius 2 is 1.84 bits per heavy atom. The van der Waals surface area contributed by atoms with Gasteiger partial charge in [-0.25, -0.2) is 0 Å². The first-order valence-corrected chi connectivity index (χ1v) is 10.9. The summed E-state index contributed by atoms with van der Waals surface area (Å²) in [6, 6.07) is 14.6. The first kappa shape index (κ1) is 22.5. The van der Waals surface area contributed by atoms with Crippen molar-refractivity contribution in [2.24, 2.45) is 0 Å². The molecule has 0 aliphatic carbocycles. The fourth-order valence-electron chi connectivity index (χ4n) is 3.34. The highest BCUT2D eigenvalue weighted by molar-refractivity contribution is 7.80. The summed E-state index contributed by atoms with van der Waals surface area (Å²) >= 11 is 5.23. The number of amides is 2. The molecule has 0 unspecified atom stereocenters. The minimum Gasteiger partial charge on any atom is -0.494 e. The van der Waals surface area contributed by atoms with Crippen molar-refractivity contribution in [3.63, 3.8) is 0 Å². The number of carbonyl (C=O) groups is 2. The second-order valence-electron chi connectivity index (χ2n) is 7.21. The minimum atomic E-state index is -0.341. The quantitative estimate of drug-likeness (QED) is 0.523. The van der Waals surface area contributed by atoms with Crippen molar-refractivity contribution in [3.05, 3.63) is 65.7 Å². The molecule has 2 amide bonds. The number of thiocarbonyl (C=S) groups is 1. The van der Waals surface area contributed by atoms with Crippen molar-refractivity contribution in [2.75, 3.05) is 25.0 Å². The highest BCUT2D eigenvalue weighted by Crippen LogP contribution is 2.16. The maximum absolute atomic E-state index is 12.7. The van der Waals surface area contributed by atoms with E-state index in [2.05, 4.69) is 10.6 Å². The first-order chi connectivity index (χ1) is 15.0. The smallest absolute Gasteiger partial charge is 0.253 e. The average molecular weight is 438 g/mol. The summed E-state index contributed by atoms with van der Waals surface area (Å²) in [6.07, 6.45) is 6.38. The van der Waals surface area contributed by atoms with Crippen LogP contribution in [0, 0.1) is 0 Å². The lowest BCUT2D eigenvalue weighted by molar-refractivity contribution is -0.115. The summed E-state index contributed by atoms with van der Waals surface area (Å²) in [7, 11) is 0. The molecule has 162 valence electrons. The molecule has 0 aromatic heterocycles. The number of ether oxygens (including phenoxy) is 1. The van der Waals surface area contributed by atoms with Crippen molar-refractivity contribution in [3.8, 4) is 5.75 Å². The lowest BCUT2D eigenvalue weighted by atomic mass is 10.1. The number of nitrogens with zero attached hydrogens (tertiary/aromatic N) is 1. The summed E-state index contributed by atoms with van der Waals surface area (Å²) in [5, 5.41) is 5.76. The molecule has 1 saturated heterocycles. The van der Waals surface area contributed by atoms with Gasteiger partial charge in [0.15, 0.2) is 5.11 Å². The van der Waals surface area contributed by atoms with Gasteiger partial charge in [0.25, 0.3) is 5.91 Å². The van der Waals surface area contributed by atoms with Crippen LogP contribution in [0.25, 0.3) is 6.08 Å². The van der Waals surface area contributed by atoms with Gasteiger partial charge in [0.05, 0.1) is 6.61 Å². The first-order valence-electron chi connectivity index (χ1n) is 10.5. The molecular weight excluding hydrogens is 410 g/mol. The molecule has 31 heavy (non-hydrogen) atoms. The Morgan fingerprint density at radius 3 is 2.55 bits per heavy atom. The predicted molar refractivity (Wildman–Crippen MR) is 127 cm³/mol. The minimum absolute atomic E-state index is 0.0246. The van der Waals surface area contributed by atoms with Crippen LogP contribution in [0.2, 0.25) is 0 Å². The van der Waals surface area contributed by atoms with Gasteiger partial charge < -0.3 is 15.0 Å². The zero-order chi connectivity index (χ0) is 22.1. The molecule has 0 saturated carbocycles. The zero-order valence-corrected chi connectivity index (χ0v) is 18.4. The maximum Gasteiger partial charge on any atom is 0.253 e. The Bertz CT molecular complexity index is 951. The summed E-state index contributed by atoms with van der Waals surface area (Å²) < 4.78 is 5.40. The number of carbonyl (C=O) groups excluding carboxylic acids is 2. The Hall–Kier alpha value is -3.19. The van der Waals surface area contributed by atoms with Gasteiger partial charge in [-0.1, -0.05) is 18.2 Å². The molecular formula is C24H27N3O3S. The number of likely N-dealkylation sites (tertiary alicyclic amines) is 1. The van der Waals surface area contributed by atoms with Crippen LogP contribution in [-0.2, 0) is 4.79 Å². The molecule has 6 nitrogen and oxygen atoms in total. The van der Waals surface area contributed by atoms with Gasteiger partial charge in [-0.2, -0.15) is 0 Å². The molecule has 1 heterocycles. The maximum atomic E-state index is 12.7. The molecule has 1 fully saturated rings. The Labute approximate surface area is 188 Å². The third kappa shape index (κ3) is 6.93. The second kappa shape index (κ2) is 11.3. The van der Waals surface area contributed by atoms with Gasteiger partial charge in [0.2, 0.25) is 5.91 Å². The average Bonchev–Trinajstić information content (AvgIpc) is 2.79. The third-order valence-electron chi connectivity index (χ3n) is 4.87. The highest BCUT2D eigenvalue weighted by Gasteiger charge is 2.18. The van der Waals surface area contributed by atoms with E-state index in [0.29, 0.717) is 17.9 Å². The Kier molecular flexibility index (Phi) is 8.18. The van der Waals surface area contributed by atoms with Crippen molar-refractivity contribution in [1.29, 1.82) is 0 Å². The van der Waals surface area contributed by atoms with Gasteiger partial charge >= 0.3 is 0 Å². The van der Waals surface area contributed by atoms with Gasteiger partial charge in [0.1, 0.15) is 5.75 Å². The van der Waals surface area contributed by atoms with E-state index in [4.69, 9.17) is 17.0 Å². The SMILES string of the molecule is CCOc1ccc(/C=C/C(=O)NC(=S)Nc2cccc(C(=O)N3CCCCC3)c2)cc1. The van der Waals surface area contributed by atoms with E-state index in [1.807, 2.05) is 36.1 Å². The molecule has 0 radical (unpaired) electrons. The summed E-state index contributed by atoms with van der Waals surface area (Å²) in [4.78, 5) is 26.7. The third-order valence-corrected chi connectivity index (χ3v) is 5.07. The second-order valence-corrected chi connectivity index (χ2v) is 7.62. The van der Waals surface area contributed by atoms with E-state index in [9.17, 15) is 9.59 Å². The zero-order valence-electron chi connectivity index (χ0n) is 17.6. The number of anilines is 1. The number of piperidine rings is 1. The molecule has 0 spiro atoms. The van der Waals surface area contributed by atoms with Gasteiger partial charge in [-0.3, -0.25) is 14.9 Å². The van der Waals surface area contributed by atoms with Crippen molar-refractivity contribution < 1.29 is 14.3 Å². The lowest BCUT2D eigenvalue weighted by Gasteiger charge is -2.26. The predicted octanol–water partition coefficient (Wildman–Crippen LogP) is 4.24. The van der Waals surface area contributed by atoms with Crippen LogP contribution in [0.3, 0.4) is 0 Å². The standard InChI is InChI=1S/C24H27N3O3S/c1-2-30-21-12-9-18(10-13-21)11-14-22(28)26-24(31)25-20-8-6-7-19(17-20)23(29)27-15-4-3-5-16-27/h6-14,17H,2-5,15-16H2,1H3,(H2,25,26,28,31)/b14-11+. The fraction of sp³-hybridized carbons (Fsp3) is 0.292. The Morgan fingerprint density at radius 1 is 1.10 bits per heavy atom. The number of hydrogen-bond acceptors (Lipinski definition) is 4. The van der Waals surface area contributed by atoms with E-state index < -0.39 is 0 Å². The number of benzene rings is 2. The van der Waals surface area contributed by atoms with Gasteiger partial charge in [-0.15, -0.1) is 0 Å². The van der Waals surface area contributed by atoms with Crippen molar-refractivity contribution in [1.82, 2.24) is 10.2 Å². The van der Waals surface area contributed by atoms with Crippen LogP contribution in [0.4, 0.5) is 5.69 Å². The summed E-state index contributed by atoms with van der Waals surface area (Å²) in [6.45, 7) is 4.13. The summed E-state index contributed by atoms with van der Waals surface area (Å²) in [5.41, 5.74) is 2.14. The van der Waals surface area contributed by atoms with Crippen LogP contribution in [0.1, 0.15) is 42.1 Å². The molecule has 3 rings (SSSR count). The van der Waals surface area contributed by atoms with Crippen LogP contribution < -0.4 is 15.4 Å². The van der Waals surface area contributed by atoms with Crippen LogP contribution >= 0.6 is 12.2 Å². The van der Waals surface area contributed by atoms with E-state index in [-0.39, 0.29) is 16.9 Å². The van der Waals surface area contributed by atoms with E-state index in [0.717, 1.165) is 37.2 Å². The topological polar surface area (TPSA) is 70.7 Å². The lowest BCUT2D eigenvalue weighted by Crippen LogP contribution is -2.35. The highest BCUT2D eigenvalue weighted by atomic mass is 32.1. The monoisotopic (exact) mass is 437 g/mol. The van der Waals surface area contributed by atoms with Gasteiger partial charge in [-0.05, 0) is 80.4 Å². The molecule has 1 aliphatic rings.